The number of benzene rings is 1. The first-order chi connectivity index (χ1) is 14.1. The van der Waals surface area contributed by atoms with Gasteiger partial charge in [0.15, 0.2) is 0 Å². The van der Waals surface area contributed by atoms with Crippen LogP contribution in [0.15, 0.2) is 41.1 Å². The van der Waals surface area contributed by atoms with E-state index in [2.05, 4.69) is 23.7 Å². The molecule has 0 aliphatic heterocycles. The Hall–Kier alpha value is -1.97. The van der Waals surface area contributed by atoms with Gasteiger partial charge in [-0.05, 0) is 24.1 Å². The van der Waals surface area contributed by atoms with Gasteiger partial charge in [-0.25, -0.2) is 0 Å². The number of carbonyl (C=O) groups excluding carboxylic acids is 1. The minimum atomic E-state index is -0.503. The van der Waals surface area contributed by atoms with Crippen LogP contribution in [0, 0.1) is 0 Å². The van der Waals surface area contributed by atoms with Crippen LogP contribution in [0.25, 0.3) is 5.57 Å². The molecule has 1 rings (SSSR count). The second-order valence-corrected chi connectivity index (χ2v) is 7.95. The van der Waals surface area contributed by atoms with Crippen LogP contribution in [0.4, 0.5) is 5.69 Å². The molecule has 0 saturated heterocycles. The van der Waals surface area contributed by atoms with E-state index in [-0.39, 0.29) is 0 Å². The summed E-state index contributed by atoms with van der Waals surface area (Å²) in [5.74, 6) is -0.503. The van der Waals surface area contributed by atoms with Gasteiger partial charge in [-0.3, -0.25) is 4.79 Å². The van der Waals surface area contributed by atoms with Crippen LogP contribution in [-0.4, -0.2) is 12.5 Å². The lowest BCUT2D eigenvalue weighted by Crippen LogP contribution is -2.11. The number of rotatable bonds is 18. The molecule has 4 heteroatoms. The van der Waals surface area contributed by atoms with E-state index in [4.69, 9.17) is 5.73 Å². The van der Waals surface area contributed by atoms with E-state index < -0.39 is 5.91 Å². The van der Waals surface area contributed by atoms with Crippen molar-refractivity contribution in [2.24, 2.45) is 16.0 Å². The largest absolute Gasteiger partial charge is 0.366 e. The molecule has 0 aliphatic carbocycles. The Morgan fingerprint density at radius 3 is 1.69 bits per heavy atom. The maximum Gasteiger partial charge on any atom is 0.248 e. The summed E-state index contributed by atoms with van der Waals surface area (Å²) in [6.45, 7) is 6.72. The Kier molecular flexibility index (Phi) is 14.6. The summed E-state index contributed by atoms with van der Waals surface area (Å²) in [6, 6.07) is 7.26. The summed E-state index contributed by atoms with van der Waals surface area (Å²) in [4.78, 5) is 11.1. The van der Waals surface area contributed by atoms with Gasteiger partial charge >= 0.3 is 0 Å². The predicted molar refractivity (Wildman–Crippen MR) is 124 cm³/mol. The average molecular weight is 400 g/mol. The summed E-state index contributed by atoms with van der Waals surface area (Å²) in [6.07, 6.45) is 19.0. The molecule has 1 amide bonds. The second kappa shape index (κ2) is 16.9. The fourth-order valence-electron chi connectivity index (χ4n) is 3.38. The van der Waals surface area contributed by atoms with E-state index in [1.807, 2.05) is 12.1 Å². The summed E-state index contributed by atoms with van der Waals surface area (Å²) < 4.78 is 0. The highest BCUT2D eigenvalue weighted by Crippen LogP contribution is 2.18. The fourth-order valence-corrected chi connectivity index (χ4v) is 3.38. The lowest BCUT2D eigenvalue weighted by atomic mass is 10.0. The van der Waals surface area contributed by atoms with Crippen LogP contribution >= 0.6 is 0 Å². The first-order valence-electron chi connectivity index (χ1n) is 11.6. The van der Waals surface area contributed by atoms with Gasteiger partial charge in [-0.15, -0.1) is 0 Å². The normalized spacial score (nSPS) is 11.2. The van der Waals surface area contributed by atoms with Gasteiger partial charge in [0.25, 0.3) is 0 Å². The molecular formula is C25H41N3O. The van der Waals surface area contributed by atoms with Crippen LogP contribution in [0.2, 0.25) is 0 Å². The number of nitrogens with zero attached hydrogens (tertiary/aromatic N) is 2. The molecular weight excluding hydrogens is 358 g/mol. The van der Waals surface area contributed by atoms with E-state index in [0.717, 1.165) is 24.2 Å². The van der Waals surface area contributed by atoms with E-state index in [9.17, 15) is 4.79 Å². The standard InChI is InChI=1S/C25H41N3O/c1-3-4-5-6-7-8-9-10-11-12-13-14-15-16-21-27-28-24-19-17-23(18-20-24)22(2)25(26)29/h17-20H,2-16,21H2,1H3,(H2,26,29). The zero-order valence-corrected chi connectivity index (χ0v) is 18.5. The monoisotopic (exact) mass is 399 g/mol. The third-order valence-corrected chi connectivity index (χ3v) is 5.31. The van der Waals surface area contributed by atoms with Crippen molar-refractivity contribution in [3.05, 3.63) is 36.4 Å². The number of hydrogen-bond acceptors (Lipinski definition) is 3. The lowest BCUT2D eigenvalue weighted by Gasteiger charge is -2.03. The number of amides is 1. The Labute approximate surface area is 178 Å². The molecule has 0 saturated carbocycles. The molecule has 1 aromatic carbocycles. The second-order valence-electron chi connectivity index (χ2n) is 7.95. The van der Waals surface area contributed by atoms with Crippen LogP contribution in [0.3, 0.4) is 0 Å². The van der Waals surface area contributed by atoms with E-state index in [1.54, 1.807) is 12.1 Å². The van der Waals surface area contributed by atoms with Crippen molar-refractivity contribution in [2.45, 2.75) is 96.8 Å². The van der Waals surface area contributed by atoms with Crippen molar-refractivity contribution < 1.29 is 4.79 Å². The van der Waals surface area contributed by atoms with Gasteiger partial charge in [-0.2, -0.15) is 10.2 Å². The molecule has 0 aromatic heterocycles. The smallest absolute Gasteiger partial charge is 0.248 e. The Morgan fingerprint density at radius 1 is 0.793 bits per heavy atom. The number of primary amides is 1. The summed E-state index contributed by atoms with van der Waals surface area (Å²) in [5, 5.41) is 8.49. The van der Waals surface area contributed by atoms with Crippen molar-refractivity contribution in [2.75, 3.05) is 6.54 Å². The number of nitrogens with two attached hydrogens (primary N) is 1. The molecule has 0 fully saturated rings. The Morgan fingerprint density at radius 2 is 1.24 bits per heavy atom. The van der Waals surface area contributed by atoms with Gasteiger partial charge in [0.05, 0.1) is 12.2 Å². The predicted octanol–water partition coefficient (Wildman–Crippen LogP) is 7.75. The highest BCUT2D eigenvalue weighted by Gasteiger charge is 2.04. The van der Waals surface area contributed by atoms with Crippen LogP contribution in [0.1, 0.15) is 102 Å². The molecule has 1 aromatic rings. The van der Waals surface area contributed by atoms with Crippen LogP contribution < -0.4 is 5.73 Å². The molecule has 2 N–H and O–H groups in total. The van der Waals surface area contributed by atoms with Gasteiger partial charge in [-0.1, -0.05) is 109 Å². The molecule has 0 atom stereocenters. The number of azo groups is 1. The Bertz CT molecular complexity index is 593. The van der Waals surface area contributed by atoms with E-state index in [1.165, 1.54) is 83.5 Å². The van der Waals surface area contributed by atoms with Crippen molar-refractivity contribution in [3.63, 3.8) is 0 Å². The number of carbonyl (C=O) groups is 1. The van der Waals surface area contributed by atoms with Crippen LogP contribution in [0.5, 0.6) is 0 Å². The molecule has 0 bridgehead atoms. The zero-order valence-electron chi connectivity index (χ0n) is 18.5. The van der Waals surface area contributed by atoms with E-state index in [0.29, 0.717) is 5.57 Å². The summed E-state index contributed by atoms with van der Waals surface area (Å²) in [7, 11) is 0. The molecule has 4 nitrogen and oxygen atoms in total. The SMILES string of the molecule is C=C(C(N)=O)c1ccc(N=NCCCCCCCCCCCCCCCC)cc1. The molecule has 29 heavy (non-hydrogen) atoms. The zero-order chi connectivity index (χ0) is 21.2. The molecule has 0 heterocycles. The third-order valence-electron chi connectivity index (χ3n) is 5.31. The minimum absolute atomic E-state index is 0.316. The number of hydrogen-bond donors (Lipinski definition) is 1. The fraction of sp³-hybridized carbons (Fsp3) is 0.640. The highest BCUT2D eigenvalue weighted by atomic mass is 16.1. The van der Waals surface area contributed by atoms with Gasteiger partial charge in [0.2, 0.25) is 5.91 Å². The van der Waals surface area contributed by atoms with Gasteiger partial charge in [0, 0.05) is 5.57 Å². The summed E-state index contributed by atoms with van der Waals surface area (Å²) >= 11 is 0. The maximum atomic E-state index is 11.1. The van der Waals surface area contributed by atoms with Crippen molar-refractivity contribution in [3.8, 4) is 0 Å². The van der Waals surface area contributed by atoms with E-state index >= 15 is 0 Å². The summed E-state index contributed by atoms with van der Waals surface area (Å²) in [5.41, 5.74) is 7.06. The maximum absolute atomic E-state index is 11.1. The van der Waals surface area contributed by atoms with Gasteiger partial charge < -0.3 is 5.73 Å². The van der Waals surface area contributed by atoms with Gasteiger partial charge in [0.1, 0.15) is 0 Å². The van der Waals surface area contributed by atoms with Crippen molar-refractivity contribution >= 4 is 17.2 Å². The quantitative estimate of drug-likeness (QED) is 0.153. The first-order valence-corrected chi connectivity index (χ1v) is 11.6. The Balaban J connectivity index is 1.94. The number of unbranched alkanes of at least 4 members (excludes halogenated alkanes) is 13. The highest BCUT2D eigenvalue weighted by molar-refractivity contribution is 6.17. The van der Waals surface area contributed by atoms with Crippen LogP contribution in [-0.2, 0) is 4.79 Å². The molecule has 0 unspecified atom stereocenters. The average Bonchev–Trinajstić information content (AvgIpc) is 2.73. The molecule has 0 aliphatic rings. The third kappa shape index (κ3) is 13.0. The molecule has 0 spiro atoms. The van der Waals surface area contributed by atoms with Crippen molar-refractivity contribution in [1.29, 1.82) is 0 Å². The minimum Gasteiger partial charge on any atom is -0.366 e. The van der Waals surface area contributed by atoms with Crippen molar-refractivity contribution in [1.82, 2.24) is 0 Å². The topological polar surface area (TPSA) is 67.8 Å². The molecule has 0 radical (unpaired) electrons. The lowest BCUT2D eigenvalue weighted by molar-refractivity contribution is -0.112. The molecule has 162 valence electrons. The first kappa shape index (κ1) is 25.1.